The summed E-state index contributed by atoms with van der Waals surface area (Å²) in [6.45, 7) is 0.513. The Kier molecular flexibility index (Phi) is 4.49. The zero-order valence-electron chi connectivity index (χ0n) is 9.73. The molecule has 0 radical (unpaired) electrons. The summed E-state index contributed by atoms with van der Waals surface area (Å²) < 4.78 is 13.5. The second kappa shape index (κ2) is 6.12. The van der Waals surface area contributed by atoms with Crippen LogP contribution in [0.15, 0.2) is 33.4 Å². The summed E-state index contributed by atoms with van der Waals surface area (Å²) in [6, 6.07) is 4.29. The first-order valence-electron chi connectivity index (χ1n) is 5.46. The zero-order valence-corrected chi connectivity index (χ0v) is 12.1. The van der Waals surface area contributed by atoms with Gasteiger partial charge in [-0.25, -0.2) is 4.39 Å². The molecule has 1 heterocycles. The molecule has 0 aliphatic heterocycles. The minimum absolute atomic E-state index is 0.0857. The Morgan fingerprint density at radius 1 is 1.47 bits per heavy atom. The summed E-state index contributed by atoms with van der Waals surface area (Å²) in [5.74, 6) is -0.524. The second-order valence-electron chi connectivity index (χ2n) is 3.85. The van der Waals surface area contributed by atoms with Crippen LogP contribution in [0.25, 0.3) is 0 Å². The summed E-state index contributed by atoms with van der Waals surface area (Å²) >= 11 is 4.54. The summed E-state index contributed by atoms with van der Waals surface area (Å²) in [6.07, 6.45) is 0.734. The quantitative estimate of drug-likeness (QED) is 0.652. The number of halogens is 2. The Balaban J connectivity index is 2.10. The largest absolute Gasteiger partial charge is 0.379 e. The third kappa shape index (κ3) is 3.51. The molecule has 0 aliphatic carbocycles. The monoisotopic (exact) mass is 344 g/mol. The number of rotatable bonds is 5. The van der Waals surface area contributed by atoms with Gasteiger partial charge in [0.05, 0.1) is 9.40 Å². The van der Waals surface area contributed by atoms with Crippen LogP contribution in [0.2, 0.25) is 0 Å². The Bertz CT molecular complexity index is 590. The van der Waals surface area contributed by atoms with Crippen molar-refractivity contribution in [2.45, 2.75) is 6.42 Å². The highest BCUT2D eigenvalue weighted by atomic mass is 79.9. The Hall–Kier alpha value is -1.47. The van der Waals surface area contributed by atoms with Gasteiger partial charge in [0.25, 0.3) is 5.69 Å². The van der Waals surface area contributed by atoms with Crippen LogP contribution >= 0.6 is 27.3 Å². The van der Waals surface area contributed by atoms with E-state index in [1.807, 2.05) is 16.8 Å². The van der Waals surface area contributed by atoms with Crippen LogP contribution in [0.4, 0.5) is 15.8 Å². The topological polar surface area (TPSA) is 55.2 Å². The zero-order chi connectivity index (χ0) is 13.8. The van der Waals surface area contributed by atoms with E-state index >= 15 is 0 Å². The van der Waals surface area contributed by atoms with Gasteiger partial charge in [-0.1, -0.05) is 0 Å². The van der Waals surface area contributed by atoms with Gasteiger partial charge in [0, 0.05) is 18.7 Å². The fourth-order valence-corrected chi connectivity index (χ4v) is 2.64. The van der Waals surface area contributed by atoms with Gasteiger partial charge < -0.3 is 5.32 Å². The van der Waals surface area contributed by atoms with Crippen LogP contribution in [0.1, 0.15) is 5.56 Å². The molecule has 0 spiro atoms. The van der Waals surface area contributed by atoms with E-state index in [2.05, 4.69) is 21.2 Å². The third-order valence-corrected chi connectivity index (χ3v) is 3.88. The number of benzene rings is 1. The maximum absolute atomic E-state index is 13.4. The van der Waals surface area contributed by atoms with Crippen molar-refractivity contribution in [3.63, 3.8) is 0 Å². The van der Waals surface area contributed by atoms with E-state index in [1.54, 1.807) is 11.3 Å². The minimum Gasteiger partial charge on any atom is -0.379 e. The van der Waals surface area contributed by atoms with Gasteiger partial charge in [-0.2, -0.15) is 11.3 Å². The van der Waals surface area contributed by atoms with E-state index in [4.69, 9.17) is 0 Å². The van der Waals surface area contributed by atoms with Gasteiger partial charge >= 0.3 is 0 Å². The van der Waals surface area contributed by atoms with Crippen LogP contribution < -0.4 is 5.32 Å². The molecule has 19 heavy (non-hydrogen) atoms. The molecule has 4 nitrogen and oxygen atoms in total. The predicted octanol–water partition coefficient (Wildman–Crippen LogP) is 4.21. The van der Waals surface area contributed by atoms with Crippen LogP contribution in [0, 0.1) is 15.9 Å². The van der Waals surface area contributed by atoms with E-state index in [1.165, 1.54) is 6.07 Å². The highest BCUT2D eigenvalue weighted by Crippen LogP contribution is 2.30. The number of nitro groups is 1. The molecular weight excluding hydrogens is 335 g/mol. The van der Waals surface area contributed by atoms with Gasteiger partial charge in [-0.05, 0) is 44.7 Å². The molecule has 0 fully saturated rings. The average Bonchev–Trinajstić information content (AvgIpc) is 2.86. The smallest absolute Gasteiger partial charge is 0.293 e. The van der Waals surface area contributed by atoms with Gasteiger partial charge in [0.15, 0.2) is 0 Å². The van der Waals surface area contributed by atoms with Gasteiger partial charge in [-0.3, -0.25) is 10.1 Å². The van der Waals surface area contributed by atoms with Crippen molar-refractivity contribution in [1.82, 2.24) is 0 Å². The molecule has 2 rings (SSSR count). The number of nitrogens with one attached hydrogen (secondary N) is 1. The molecule has 0 atom stereocenters. The Morgan fingerprint density at radius 3 is 2.89 bits per heavy atom. The van der Waals surface area contributed by atoms with Crippen molar-refractivity contribution in [2.75, 3.05) is 11.9 Å². The number of thiophene rings is 1. The fourth-order valence-electron chi connectivity index (χ4n) is 1.61. The van der Waals surface area contributed by atoms with Gasteiger partial charge in [0.2, 0.25) is 0 Å². The first-order valence-corrected chi connectivity index (χ1v) is 7.20. The summed E-state index contributed by atoms with van der Waals surface area (Å²) in [4.78, 5) is 10.4. The lowest BCUT2D eigenvalue weighted by molar-refractivity contribution is -0.384. The Labute approximate surface area is 121 Å². The number of nitro benzene ring substituents is 1. The second-order valence-corrected chi connectivity index (χ2v) is 5.48. The predicted molar refractivity (Wildman–Crippen MR) is 77.3 cm³/mol. The normalized spacial score (nSPS) is 10.4. The molecule has 1 aromatic carbocycles. The summed E-state index contributed by atoms with van der Waals surface area (Å²) in [5.41, 5.74) is 1.21. The fraction of sp³-hybridized carbons (Fsp3) is 0.167. The molecule has 0 unspecified atom stereocenters. The molecule has 0 saturated heterocycles. The number of hydrogen-bond acceptors (Lipinski definition) is 4. The van der Waals surface area contributed by atoms with E-state index < -0.39 is 10.7 Å². The van der Waals surface area contributed by atoms with Crippen molar-refractivity contribution in [3.8, 4) is 0 Å². The maximum Gasteiger partial charge on any atom is 0.293 e. The number of nitrogens with zero attached hydrogens (tertiary/aromatic N) is 1. The molecular formula is C12H10BrFN2O2S. The lowest BCUT2D eigenvalue weighted by Gasteiger charge is -2.07. The first-order chi connectivity index (χ1) is 9.08. The van der Waals surface area contributed by atoms with Crippen molar-refractivity contribution in [2.24, 2.45) is 0 Å². The van der Waals surface area contributed by atoms with Crippen molar-refractivity contribution in [3.05, 3.63) is 54.9 Å². The van der Waals surface area contributed by atoms with E-state index in [-0.39, 0.29) is 15.8 Å². The first kappa shape index (κ1) is 14.0. The molecule has 7 heteroatoms. The standard InChI is InChI=1S/C12H10BrFN2O2S/c13-9-5-12(16(17)18)11(6-10(9)14)15-3-1-8-2-4-19-7-8/h2,4-7,15H,1,3H2. The molecule has 0 bridgehead atoms. The minimum atomic E-state index is -0.531. The molecule has 0 saturated carbocycles. The number of anilines is 1. The van der Waals surface area contributed by atoms with Crippen LogP contribution in [0.5, 0.6) is 0 Å². The molecule has 2 aromatic rings. The van der Waals surface area contributed by atoms with Crippen molar-refractivity contribution >= 4 is 38.6 Å². The number of hydrogen-bond donors (Lipinski definition) is 1. The molecule has 1 aromatic heterocycles. The Morgan fingerprint density at radius 2 is 2.26 bits per heavy atom. The summed E-state index contributed by atoms with van der Waals surface area (Å²) in [7, 11) is 0. The van der Waals surface area contributed by atoms with Crippen LogP contribution in [0.3, 0.4) is 0 Å². The van der Waals surface area contributed by atoms with E-state index in [0.29, 0.717) is 6.54 Å². The molecule has 1 N–H and O–H groups in total. The maximum atomic E-state index is 13.4. The van der Waals surface area contributed by atoms with E-state index in [9.17, 15) is 14.5 Å². The van der Waals surface area contributed by atoms with E-state index in [0.717, 1.165) is 18.1 Å². The SMILES string of the molecule is O=[N+]([O-])c1cc(Br)c(F)cc1NCCc1ccsc1. The lowest BCUT2D eigenvalue weighted by Crippen LogP contribution is -2.07. The highest BCUT2D eigenvalue weighted by Gasteiger charge is 2.17. The van der Waals surface area contributed by atoms with Gasteiger partial charge in [0.1, 0.15) is 11.5 Å². The molecule has 100 valence electrons. The highest BCUT2D eigenvalue weighted by molar-refractivity contribution is 9.10. The molecule has 0 amide bonds. The lowest BCUT2D eigenvalue weighted by atomic mass is 10.2. The van der Waals surface area contributed by atoms with Crippen molar-refractivity contribution < 1.29 is 9.31 Å². The molecule has 0 aliphatic rings. The summed E-state index contributed by atoms with van der Waals surface area (Å²) in [5, 5.41) is 17.8. The van der Waals surface area contributed by atoms with Gasteiger partial charge in [-0.15, -0.1) is 0 Å². The van der Waals surface area contributed by atoms with Crippen LogP contribution in [-0.4, -0.2) is 11.5 Å². The van der Waals surface area contributed by atoms with Crippen molar-refractivity contribution in [1.29, 1.82) is 0 Å². The average molecular weight is 345 g/mol. The third-order valence-electron chi connectivity index (χ3n) is 2.54. The van der Waals surface area contributed by atoms with Crippen LogP contribution in [-0.2, 0) is 6.42 Å².